The summed E-state index contributed by atoms with van der Waals surface area (Å²) in [5.41, 5.74) is 1.93. The Balaban J connectivity index is 2.03. The van der Waals surface area contributed by atoms with Gasteiger partial charge >= 0.3 is 0 Å². The van der Waals surface area contributed by atoms with Crippen molar-refractivity contribution in [3.05, 3.63) is 95.6 Å². The van der Waals surface area contributed by atoms with Crippen LogP contribution >= 0.6 is 0 Å². The van der Waals surface area contributed by atoms with E-state index in [2.05, 4.69) is 5.32 Å². The van der Waals surface area contributed by atoms with Gasteiger partial charge in [0.05, 0.1) is 16.1 Å². The van der Waals surface area contributed by atoms with E-state index in [9.17, 15) is 13.2 Å². The van der Waals surface area contributed by atoms with Crippen molar-refractivity contribution in [1.29, 1.82) is 0 Å². The van der Waals surface area contributed by atoms with Gasteiger partial charge in [-0.2, -0.15) is 0 Å². The summed E-state index contributed by atoms with van der Waals surface area (Å²) < 4.78 is 26.4. The van der Waals surface area contributed by atoms with E-state index < -0.39 is 15.3 Å². The topological polar surface area (TPSA) is 63.2 Å². The zero-order chi connectivity index (χ0) is 21.1. The standard InChI is InChI=1S/C24H25NO3S/c1-18-12-14-20(15-13-18)24(3,23(26)25-21-9-5-4-6-10-21)17-29(27,28)22-11-7-8-19(2)16-22/h4-16H,17H2,1-3H3,(H,25,26)/t24-/m1/s1. The highest BCUT2D eigenvalue weighted by molar-refractivity contribution is 7.91. The smallest absolute Gasteiger partial charge is 0.235 e. The lowest BCUT2D eigenvalue weighted by Gasteiger charge is -2.29. The lowest BCUT2D eigenvalue weighted by molar-refractivity contribution is -0.120. The van der Waals surface area contributed by atoms with E-state index in [1.54, 1.807) is 37.3 Å². The fraction of sp³-hybridized carbons (Fsp3) is 0.208. The minimum absolute atomic E-state index is 0.225. The Bertz CT molecular complexity index is 1110. The van der Waals surface area contributed by atoms with Crippen LogP contribution in [0.2, 0.25) is 0 Å². The predicted molar refractivity (Wildman–Crippen MR) is 117 cm³/mol. The third-order valence-corrected chi connectivity index (χ3v) is 6.98. The lowest BCUT2D eigenvalue weighted by atomic mass is 9.83. The molecule has 0 unspecified atom stereocenters. The molecule has 0 saturated carbocycles. The maximum absolute atomic E-state index is 13.3. The number of benzene rings is 3. The summed E-state index contributed by atoms with van der Waals surface area (Å²) in [6.45, 7) is 5.48. The van der Waals surface area contributed by atoms with Gasteiger partial charge in [-0.05, 0) is 56.2 Å². The molecule has 4 nitrogen and oxygen atoms in total. The van der Waals surface area contributed by atoms with E-state index in [0.29, 0.717) is 11.3 Å². The summed E-state index contributed by atoms with van der Waals surface area (Å²) in [4.78, 5) is 13.5. The van der Waals surface area contributed by atoms with Crippen molar-refractivity contribution in [2.24, 2.45) is 0 Å². The second-order valence-corrected chi connectivity index (χ2v) is 9.58. The molecule has 29 heavy (non-hydrogen) atoms. The summed E-state index contributed by atoms with van der Waals surface area (Å²) in [6, 6.07) is 23.3. The van der Waals surface area contributed by atoms with Gasteiger partial charge in [0, 0.05) is 5.69 Å². The molecule has 0 aliphatic carbocycles. The van der Waals surface area contributed by atoms with Crippen LogP contribution in [0.15, 0.2) is 83.8 Å². The normalized spacial score (nSPS) is 13.5. The first-order valence-electron chi connectivity index (χ1n) is 9.44. The number of para-hydroxylation sites is 1. The second kappa shape index (κ2) is 8.21. The van der Waals surface area contributed by atoms with Gasteiger partial charge in [-0.3, -0.25) is 4.79 Å². The number of hydrogen-bond donors (Lipinski definition) is 1. The molecule has 150 valence electrons. The quantitative estimate of drug-likeness (QED) is 0.646. The summed E-state index contributed by atoms with van der Waals surface area (Å²) in [6.07, 6.45) is 0. The highest BCUT2D eigenvalue weighted by atomic mass is 32.2. The van der Waals surface area contributed by atoms with Gasteiger partial charge in [0.2, 0.25) is 5.91 Å². The van der Waals surface area contributed by atoms with Crippen molar-refractivity contribution in [1.82, 2.24) is 0 Å². The first-order valence-corrected chi connectivity index (χ1v) is 11.1. The Morgan fingerprint density at radius 2 is 1.52 bits per heavy atom. The predicted octanol–water partition coefficient (Wildman–Crippen LogP) is 4.67. The zero-order valence-electron chi connectivity index (χ0n) is 16.8. The van der Waals surface area contributed by atoms with Crippen molar-refractivity contribution in [2.75, 3.05) is 11.1 Å². The van der Waals surface area contributed by atoms with E-state index in [1.807, 2.05) is 62.4 Å². The molecule has 0 heterocycles. The fourth-order valence-corrected chi connectivity index (χ4v) is 5.14. The number of amides is 1. The molecular weight excluding hydrogens is 382 g/mol. The summed E-state index contributed by atoms with van der Waals surface area (Å²) in [5.74, 6) is -0.686. The van der Waals surface area contributed by atoms with E-state index in [0.717, 1.165) is 11.1 Å². The summed E-state index contributed by atoms with van der Waals surface area (Å²) >= 11 is 0. The molecule has 1 atom stereocenters. The van der Waals surface area contributed by atoms with Crippen molar-refractivity contribution >= 4 is 21.4 Å². The average Bonchev–Trinajstić information content (AvgIpc) is 2.69. The van der Waals surface area contributed by atoms with Crippen molar-refractivity contribution in [3.63, 3.8) is 0 Å². The number of hydrogen-bond acceptors (Lipinski definition) is 3. The number of carbonyl (C=O) groups excluding carboxylic acids is 1. The number of rotatable bonds is 6. The highest BCUT2D eigenvalue weighted by Crippen LogP contribution is 2.30. The number of aryl methyl sites for hydroxylation is 2. The molecule has 0 bridgehead atoms. The second-order valence-electron chi connectivity index (χ2n) is 7.59. The minimum atomic E-state index is -3.70. The molecule has 0 aliphatic rings. The van der Waals surface area contributed by atoms with Gasteiger partial charge in [-0.15, -0.1) is 0 Å². The van der Waals surface area contributed by atoms with Crippen molar-refractivity contribution in [3.8, 4) is 0 Å². The molecular formula is C24H25NO3S. The molecule has 3 rings (SSSR count). The monoisotopic (exact) mass is 407 g/mol. The van der Waals surface area contributed by atoms with E-state index >= 15 is 0 Å². The van der Waals surface area contributed by atoms with Gasteiger partial charge in [0.15, 0.2) is 9.84 Å². The number of nitrogens with one attached hydrogen (secondary N) is 1. The number of carbonyl (C=O) groups is 1. The molecule has 1 N–H and O–H groups in total. The molecule has 1 amide bonds. The summed E-state index contributed by atoms with van der Waals surface area (Å²) in [7, 11) is -3.70. The molecule has 3 aromatic carbocycles. The van der Waals surface area contributed by atoms with E-state index in [1.165, 1.54) is 0 Å². The first kappa shape index (κ1) is 20.8. The SMILES string of the molecule is Cc1ccc([C@@](C)(CS(=O)(=O)c2cccc(C)c2)C(=O)Nc2ccccc2)cc1. The van der Waals surface area contributed by atoms with Crippen LogP contribution < -0.4 is 5.32 Å². The Morgan fingerprint density at radius 1 is 0.862 bits per heavy atom. The number of sulfone groups is 1. The molecule has 3 aromatic rings. The lowest BCUT2D eigenvalue weighted by Crippen LogP contribution is -2.43. The highest BCUT2D eigenvalue weighted by Gasteiger charge is 2.40. The van der Waals surface area contributed by atoms with Gasteiger partial charge in [0.25, 0.3) is 0 Å². The summed E-state index contributed by atoms with van der Waals surface area (Å²) in [5, 5.41) is 2.88. The van der Waals surface area contributed by atoms with Gasteiger partial charge in [0.1, 0.15) is 0 Å². The third kappa shape index (κ3) is 4.74. The third-order valence-electron chi connectivity index (χ3n) is 5.05. The van der Waals surface area contributed by atoms with Gasteiger partial charge in [-0.1, -0.05) is 60.2 Å². The first-order chi connectivity index (χ1) is 13.7. The fourth-order valence-electron chi connectivity index (χ4n) is 3.26. The van der Waals surface area contributed by atoms with Crippen LogP contribution in [0.3, 0.4) is 0 Å². The molecule has 5 heteroatoms. The minimum Gasteiger partial charge on any atom is -0.325 e. The molecule has 0 fully saturated rings. The van der Waals surface area contributed by atoms with Crippen molar-refractivity contribution in [2.45, 2.75) is 31.1 Å². The maximum atomic E-state index is 13.3. The van der Waals surface area contributed by atoms with Crippen LogP contribution in [-0.4, -0.2) is 20.1 Å². The van der Waals surface area contributed by atoms with Crippen LogP contribution in [0.5, 0.6) is 0 Å². The Morgan fingerprint density at radius 3 is 2.14 bits per heavy atom. The molecule has 0 aromatic heterocycles. The van der Waals surface area contributed by atoms with Crippen LogP contribution in [0, 0.1) is 13.8 Å². The largest absolute Gasteiger partial charge is 0.325 e. The zero-order valence-corrected chi connectivity index (χ0v) is 17.7. The van der Waals surface area contributed by atoms with Crippen molar-refractivity contribution < 1.29 is 13.2 Å². The molecule has 0 saturated heterocycles. The Labute approximate surface area is 172 Å². The van der Waals surface area contributed by atoms with E-state index in [-0.39, 0.29) is 16.6 Å². The van der Waals surface area contributed by atoms with Gasteiger partial charge in [-0.25, -0.2) is 8.42 Å². The van der Waals surface area contributed by atoms with Crippen LogP contribution in [-0.2, 0) is 20.0 Å². The molecule has 0 spiro atoms. The maximum Gasteiger partial charge on any atom is 0.235 e. The van der Waals surface area contributed by atoms with Gasteiger partial charge < -0.3 is 5.32 Å². The van der Waals surface area contributed by atoms with Crippen LogP contribution in [0.4, 0.5) is 5.69 Å². The Kier molecular flexibility index (Phi) is 5.89. The molecule has 0 radical (unpaired) electrons. The number of anilines is 1. The van der Waals surface area contributed by atoms with Crippen LogP contribution in [0.1, 0.15) is 23.6 Å². The average molecular weight is 408 g/mol. The Hall–Kier alpha value is -2.92. The van der Waals surface area contributed by atoms with E-state index in [4.69, 9.17) is 0 Å². The van der Waals surface area contributed by atoms with Crippen LogP contribution in [0.25, 0.3) is 0 Å². The molecule has 0 aliphatic heterocycles.